The van der Waals surface area contributed by atoms with E-state index in [0.717, 1.165) is 23.5 Å². The molecule has 148 valence electrons. The molecule has 1 aliphatic heterocycles. The first kappa shape index (κ1) is 20.1. The Hall–Kier alpha value is -2.61. The molecule has 0 atom stereocenters. The van der Waals surface area contributed by atoms with E-state index < -0.39 is 6.61 Å². The van der Waals surface area contributed by atoms with E-state index in [1.54, 1.807) is 12.0 Å². The fourth-order valence-electron chi connectivity index (χ4n) is 2.73. The van der Waals surface area contributed by atoms with E-state index in [-0.39, 0.29) is 11.7 Å². The first-order chi connectivity index (χ1) is 13.6. The molecule has 2 aromatic rings. The standard InChI is InChI=1S/C20H20F2N2O3S/c1-26-16-6-2-14(3-7-16)10-11-23-20-24(12-13-28-20)18(25)15-4-8-17(9-5-15)27-19(21)22/h2-9,19H,10-13H2,1H3. The maximum Gasteiger partial charge on any atom is 0.387 e. The normalized spacial score (nSPS) is 15.3. The summed E-state index contributed by atoms with van der Waals surface area (Å²) in [6.07, 6.45) is 0.760. The molecular formula is C20H20F2N2O3S. The Bertz CT molecular complexity index is 826. The Balaban J connectivity index is 1.61. The van der Waals surface area contributed by atoms with Gasteiger partial charge in [0, 0.05) is 24.4 Å². The van der Waals surface area contributed by atoms with Crippen LogP contribution in [0.25, 0.3) is 0 Å². The molecule has 0 unspecified atom stereocenters. The van der Waals surface area contributed by atoms with Gasteiger partial charge >= 0.3 is 6.61 Å². The van der Waals surface area contributed by atoms with Crippen molar-refractivity contribution in [2.45, 2.75) is 13.0 Å². The molecule has 0 aliphatic carbocycles. The van der Waals surface area contributed by atoms with Crippen LogP contribution in [-0.2, 0) is 6.42 Å². The molecule has 1 saturated heterocycles. The van der Waals surface area contributed by atoms with Gasteiger partial charge in [-0.15, -0.1) is 0 Å². The second-order valence-electron chi connectivity index (χ2n) is 5.97. The van der Waals surface area contributed by atoms with Gasteiger partial charge in [-0.25, -0.2) is 0 Å². The number of hydrogen-bond acceptors (Lipinski definition) is 5. The highest BCUT2D eigenvalue weighted by molar-refractivity contribution is 8.14. The van der Waals surface area contributed by atoms with Gasteiger partial charge in [-0.2, -0.15) is 8.78 Å². The van der Waals surface area contributed by atoms with E-state index in [9.17, 15) is 13.6 Å². The van der Waals surface area contributed by atoms with E-state index in [1.807, 2.05) is 24.3 Å². The van der Waals surface area contributed by atoms with Crippen LogP contribution in [0, 0.1) is 0 Å². The molecular weight excluding hydrogens is 386 g/mol. The highest BCUT2D eigenvalue weighted by Gasteiger charge is 2.26. The Kier molecular flexibility index (Phi) is 6.86. The summed E-state index contributed by atoms with van der Waals surface area (Å²) >= 11 is 1.54. The molecule has 0 aromatic heterocycles. The van der Waals surface area contributed by atoms with Crippen molar-refractivity contribution in [3.05, 3.63) is 59.7 Å². The lowest BCUT2D eigenvalue weighted by molar-refractivity contribution is -0.0498. The summed E-state index contributed by atoms with van der Waals surface area (Å²) in [5.74, 6) is 1.41. The molecule has 0 saturated carbocycles. The zero-order valence-electron chi connectivity index (χ0n) is 15.3. The second-order valence-corrected chi connectivity index (χ2v) is 7.03. The van der Waals surface area contributed by atoms with Gasteiger partial charge in [0.1, 0.15) is 11.5 Å². The minimum atomic E-state index is -2.89. The lowest BCUT2D eigenvalue weighted by atomic mass is 10.1. The van der Waals surface area contributed by atoms with Crippen molar-refractivity contribution in [3.8, 4) is 11.5 Å². The highest BCUT2D eigenvalue weighted by Crippen LogP contribution is 2.22. The van der Waals surface area contributed by atoms with Gasteiger partial charge in [0.25, 0.3) is 5.91 Å². The molecule has 1 aliphatic rings. The molecule has 1 heterocycles. The van der Waals surface area contributed by atoms with Crippen LogP contribution in [-0.4, -0.2) is 48.5 Å². The summed E-state index contributed by atoms with van der Waals surface area (Å²) in [6, 6.07) is 13.5. The molecule has 1 fully saturated rings. The highest BCUT2D eigenvalue weighted by atomic mass is 32.2. The molecule has 0 N–H and O–H groups in total. The summed E-state index contributed by atoms with van der Waals surface area (Å²) in [6.45, 7) is -1.75. The molecule has 28 heavy (non-hydrogen) atoms. The van der Waals surface area contributed by atoms with Crippen molar-refractivity contribution < 1.29 is 23.0 Å². The van der Waals surface area contributed by atoms with E-state index in [4.69, 9.17) is 4.74 Å². The minimum absolute atomic E-state index is 0.0238. The first-order valence-corrected chi connectivity index (χ1v) is 9.72. The Morgan fingerprint density at radius 1 is 1.14 bits per heavy atom. The number of alkyl halides is 2. The quantitative estimate of drug-likeness (QED) is 0.695. The molecule has 3 rings (SSSR count). The average molecular weight is 406 g/mol. The van der Waals surface area contributed by atoms with Crippen molar-refractivity contribution in [2.24, 2.45) is 4.99 Å². The number of benzene rings is 2. The number of nitrogens with zero attached hydrogens (tertiary/aromatic N) is 2. The largest absolute Gasteiger partial charge is 0.497 e. The zero-order chi connectivity index (χ0) is 19.9. The lowest BCUT2D eigenvalue weighted by Gasteiger charge is -2.16. The zero-order valence-corrected chi connectivity index (χ0v) is 16.1. The third-order valence-corrected chi connectivity index (χ3v) is 5.15. The van der Waals surface area contributed by atoms with Crippen molar-refractivity contribution in [3.63, 3.8) is 0 Å². The van der Waals surface area contributed by atoms with Gasteiger partial charge in [0.2, 0.25) is 0 Å². The van der Waals surface area contributed by atoms with Crippen LogP contribution in [0.2, 0.25) is 0 Å². The number of carbonyl (C=O) groups is 1. The molecule has 2 aromatic carbocycles. The van der Waals surface area contributed by atoms with Gasteiger partial charge in [0.15, 0.2) is 5.17 Å². The fourth-order valence-corrected chi connectivity index (χ4v) is 3.70. The van der Waals surface area contributed by atoms with Crippen molar-refractivity contribution in [2.75, 3.05) is 26.0 Å². The number of carbonyl (C=O) groups excluding carboxylic acids is 1. The first-order valence-electron chi connectivity index (χ1n) is 8.74. The maximum absolute atomic E-state index is 12.7. The second kappa shape index (κ2) is 9.54. The smallest absolute Gasteiger partial charge is 0.387 e. The van der Waals surface area contributed by atoms with Gasteiger partial charge < -0.3 is 9.47 Å². The molecule has 0 radical (unpaired) electrons. The van der Waals surface area contributed by atoms with Crippen molar-refractivity contribution >= 4 is 22.8 Å². The molecule has 0 spiro atoms. The SMILES string of the molecule is COc1ccc(CCN=C2SCCN2C(=O)c2ccc(OC(F)F)cc2)cc1. The Morgan fingerprint density at radius 3 is 2.46 bits per heavy atom. The summed E-state index contributed by atoms with van der Waals surface area (Å²) < 4.78 is 33.9. The van der Waals surface area contributed by atoms with E-state index in [0.29, 0.717) is 23.8 Å². The maximum atomic E-state index is 12.7. The number of methoxy groups -OCH3 is 1. The number of amidine groups is 1. The van der Waals surface area contributed by atoms with Gasteiger partial charge in [-0.3, -0.25) is 14.7 Å². The van der Waals surface area contributed by atoms with Crippen LogP contribution in [0.15, 0.2) is 53.5 Å². The third-order valence-electron chi connectivity index (χ3n) is 4.16. The van der Waals surface area contributed by atoms with Gasteiger partial charge in [0.05, 0.1) is 7.11 Å². The van der Waals surface area contributed by atoms with Crippen LogP contribution in [0.4, 0.5) is 8.78 Å². The van der Waals surface area contributed by atoms with E-state index in [2.05, 4.69) is 9.73 Å². The predicted molar refractivity (Wildman–Crippen MR) is 106 cm³/mol. The third kappa shape index (κ3) is 5.22. The van der Waals surface area contributed by atoms with Crippen LogP contribution in [0.1, 0.15) is 15.9 Å². The minimum Gasteiger partial charge on any atom is -0.497 e. The van der Waals surface area contributed by atoms with Gasteiger partial charge in [-0.05, 0) is 48.4 Å². The van der Waals surface area contributed by atoms with Crippen LogP contribution >= 0.6 is 11.8 Å². The number of ether oxygens (including phenoxy) is 2. The van der Waals surface area contributed by atoms with E-state index in [1.165, 1.54) is 36.0 Å². The molecule has 8 heteroatoms. The Morgan fingerprint density at radius 2 is 1.82 bits per heavy atom. The summed E-state index contributed by atoms with van der Waals surface area (Å²) in [5.41, 5.74) is 1.55. The lowest BCUT2D eigenvalue weighted by Crippen LogP contribution is -2.32. The molecule has 5 nitrogen and oxygen atoms in total. The summed E-state index contributed by atoms with van der Waals surface area (Å²) in [5, 5.41) is 0.686. The van der Waals surface area contributed by atoms with Gasteiger partial charge in [-0.1, -0.05) is 23.9 Å². The number of amides is 1. The number of thioether (sulfide) groups is 1. The summed E-state index contributed by atoms with van der Waals surface area (Å²) in [7, 11) is 1.63. The monoisotopic (exact) mass is 406 g/mol. The van der Waals surface area contributed by atoms with Crippen LogP contribution < -0.4 is 9.47 Å². The number of rotatable bonds is 7. The van der Waals surface area contributed by atoms with Crippen molar-refractivity contribution in [1.29, 1.82) is 0 Å². The molecule has 0 bridgehead atoms. The number of halogens is 2. The van der Waals surface area contributed by atoms with Crippen molar-refractivity contribution in [1.82, 2.24) is 4.90 Å². The van der Waals surface area contributed by atoms with Crippen LogP contribution in [0.3, 0.4) is 0 Å². The summed E-state index contributed by atoms with van der Waals surface area (Å²) in [4.78, 5) is 18.9. The topological polar surface area (TPSA) is 51.1 Å². The molecule has 1 amide bonds. The average Bonchev–Trinajstić information content (AvgIpc) is 3.16. The van der Waals surface area contributed by atoms with E-state index >= 15 is 0 Å². The Labute approximate surface area is 166 Å². The predicted octanol–water partition coefficient (Wildman–Crippen LogP) is 4.08. The number of hydrogen-bond donors (Lipinski definition) is 0. The van der Waals surface area contributed by atoms with Crippen LogP contribution in [0.5, 0.6) is 11.5 Å². The fraction of sp³-hybridized carbons (Fsp3) is 0.300. The number of aliphatic imine (C=N–C) groups is 1.